The summed E-state index contributed by atoms with van der Waals surface area (Å²) in [6, 6.07) is 8.30. The Hall–Kier alpha value is -3.06. The second-order valence-corrected chi connectivity index (χ2v) is 7.70. The molecule has 1 saturated heterocycles. The normalized spacial score (nSPS) is 18.5. The van der Waals surface area contributed by atoms with Crippen molar-refractivity contribution in [3.63, 3.8) is 0 Å². The van der Waals surface area contributed by atoms with E-state index in [1.165, 1.54) is 18.4 Å². The first-order valence-electron chi connectivity index (χ1n) is 10.3. The van der Waals surface area contributed by atoms with Gasteiger partial charge in [0, 0.05) is 30.5 Å². The molecule has 4 heterocycles. The Kier molecular flexibility index (Phi) is 5.04. The number of hydrogen-bond acceptors (Lipinski definition) is 7. The largest absolute Gasteiger partial charge is 0.493 e. The Labute approximate surface area is 175 Å². The number of rotatable bonds is 5. The molecule has 1 atom stereocenters. The lowest BCUT2D eigenvalue weighted by Gasteiger charge is -2.35. The van der Waals surface area contributed by atoms with Gasteiger partial charge < -0.3 is 18.6 Å². The Bertz CT molecular complexity index is 1030. The van der Waals surface area contributed by atoms with Crippen molar-refractivity contribution in [2.24, 2.45) is 0 Å². The van der Waals surface area contributed by atoms with E-state index in [-0.39, 0.29) is 6.79 Å². The van der Waals surface area contributed by atoms with Crippen molar-refractivity contribution >= 4 is 0 Å². The minimum absolute atomic E-state index is 0.190. The van der Waals surface area contributed by atoms with Gasteiger partial charge in [0.25, 0.3) is 0 Å². The van der Waals surface area contributed by atoms with Crippen LogP contribution in [0, 0.1) is 6.92 Å². The van der Waals surface area contributed by atoms with E-state index in [1.807, 2.05) is 37.5 Å². The molecule has 3 aromatic rings. The number of aromatic nitrogens is 2. The van der Waals surface area contributed by atoms with Crippen molar-refractivity contribution in [1.82, 2.24) is 14.9 Å². The molecule has 0 radical (unpaired) electrons. The van der Waals surface area contributed by atoms with Gasteiger partial charge in [-0.2, -0.15) is 0 Å². The minimum Gasteiger partial charge on any atom is -0.493 e. The highest BCUT2D eigenvalue weighted by molar-refractivity contribution is 5.66. The van der Waals surface area contributed by atoms with Crippen molar-refractivity contribution < 1.29 is 18.6 Å². The van der Waals surface area contributed by atoms with Gasteiger partial charge in [-0.05, 0) is 50.1 Å². The molecule has 1 fully saturated rings. The Morgan fingerprint density at radius 1 is 1.23 bits per heavy atom. The maximum Gasteiger partial charge on any atom is 0.231 e. The summed E-state index contributed by atoms with van der Waals surface area (Å²) in [6.45, 7) is 3.95. The fraction of sp³-hybridized carbons (Fsp3) is 0.391. The summed E-state index contributed by atoms with van der Waals surface area (Å²) in [4.78, 5) is 11.6. The number of pyridine rings is 1. The van der Waals surface area contributed by atoms with Crippen molar-refractivity contribution in [2.75, 3.05) is 20.4 Å². The summed E-state index contributed by atoms with van der Waals surface area (Å²) in [6.07, 6.45) is 7.36. The lowest BCUT2D eigenvalue weighted by Crippen LogP contribution is -2.33. The summed E-state index contributed by atoms with van der Waals surface area (Å²) < 4.78 is 22.5. The molecule has 5 rings (SSSR count). The molecule has 0 bridgehead atoms. The first-order chi connectivity index (χ1) is 14.7. The molecule has 0 unspecified atom stereocenters. The van der Waals surface area contributed by atoms with E-state index in [4.69, 9.17) is 23.6 Å². The lowest BCUT2D eigenvalue weighted by atomic mass is 9.96. The summed E-state index contributed by atoms with van der Waals surface area (Å²) in [7, 11) is 1.61. The molecule has 2 aromatic heterocycles. The predicted molar refractivity (Wildman–Crippen MR) is 111 cm³/mol. The molecular formula is C23H25N3O4. The van der Waals surface area contributed by atoms with Gasteiger partial charge in [-0.15, -0.1) is 0 Å². The van der Waals surface area contributed by atoms with Crippen molar-refractivity contribution in [3.8, 4) is 28.7 Å². The number of hydrogen-bond donors (Lipinski definition) is 0. The number of nitrogens with zero attached hydrogens (tertiary/aromatic N) is 3. The Morgan fingerprint density at radius 2 is 2.17 bits per heavy atom. The van der Waals surface area contributed by atoms with Gasteiger partial charge in [-0.25, -0.2) is 4.98 Å². The van der Waals surface area contributed by atoms with Crippen LogP contribution in [-0.2, 0) is 6.54 Å². The van der Waals surface area contributed by atoms with Gasteiger partial charge in [-0.1, -0.05) is 12.5 Å². The third-order valence-electron chi connectivity index (χ3n) is 5.83. The van der Waals surface area contributed by atoms with E-state index in [0.717, 1.165) is 36.5 Å². The highest BCUT2D eigenvalue weighted by Crippen LogP contribution is 2.44. The number of benzene rings is 1. The van der Waals surface area contributed by atoms with Gasteiger partial charge in [0.15, 0.2) is 11.5 Å². The van der Waals surface area contributed by atoms with Gasteiger partial charge in [0.05, 0.1) is 12.8 Å². The summed E-state index contributed by atoms with van der Waals surface area (Å²) >= 11 is 0. The van der Waals surface area contributed by atoms with Crippen LogP contribution in [0.25, 0.3) is 11.5 Å². The number of likely N-dealkylation sites (tertiary alicyclic amines) is 1. The minimum atomic E-state index is 0.190. The number of ether oxygens (including phenoxy) is 3. The fourth-order valence-electron chi connectivity index (χ4n) is 4.27. The average Bonchev–Trinajstić information content (AvgIpc) is 3.41. The molecule has 7 nitrogen and oxygen atoms in total. The predicted octanol–water partition coefficient (Wildman–Crippen LogP) is 4.51. The Balaban J connectivity index is 1.42. The van der Waals surface area contributed by atoms with Crippen molar-refractivity contribution in [2.45, 2.75) is 38.8 Å². The zero-order chi connectivity index (χ0) is 20.5. The zero-order valence-corrected chi connectivity index (χ0v) is 17.3. The monoisotopic (exact) mass is 407 g/mol. The number of fused-ring (bicyclic) bond motifs is 1. The lowest BCUT2D eigenvalue weighted by molar-refractivity contribution is 0.138. The van der Waals surface area contributed by atoms with E-state index < -0.39 is 0 Å². The molecule has 0 spiro atoms. The van der Waals surface area contributed by atoms with E-state index in [1.54, 1.807) is 7.11 Å². The van der Waals surface area contributed by atoms with Crippen molar-refractivity contribution in [3.05, 3.63) is 53.7 Å². The standard InChI is InChI=1S/C23H25N3O4/c1-15-18(13-26-9-4-3-7-19(26)16-6-5-8-24-12-16)25-23(30-15)17-10-20(27-2)22-21(11-17)28-14-29-22/h5-6,8,10-12,19H,3-4,7,9,13-14H2,1-2H3/t19-/m0/s1. The van der Waals surface area contributed by atoms with Crippen LogP contribution >= 0.6 is 0 Å². The molecule has 0 amide bonds. The van der Waals surface area contributed by atoms with Gasteiger partial charge in [0.1, 0.15) is 5.76 Å². The topological polar surface area (TPSA) is 69.9 Å². The quantitative estimate of drug-likeness (QED) is 0.616. The molecule has 2 aliphatic rings. The number of aryl methyl sites for hydroxylation is 1. The van der Waals surface area contributed by atoms with Crippen LogP contribution in [0.5, 0.6) is 17.2 Å². The third-order valence-corrected chi connectivity index (χ3v) is 5.83. The molecule has 7 heteroatoms. The molecule has 30 heavy (non-hydrogen) atoms. The number of methoxy groups -OCH3 is 1. The van der Waals surface area contributed by atoms with Crippen LogP contribution < -0.4 is 14.2 Å². The van der Waals surface area contributed by atoms with Gasteiger partial charge >= 0.3 is 0 Å². The van der Waals surface area contributed by atoms with E-state index in [0.29, 0.717) is 29.2 Å². The summed E-state index contributed by atoms with van der Waals surface area (Å²) in [5.41, 5.74) is 3.03. The molecule has 0 N–H and O–H groups in total. The molecule has 0 saturated carbocycles. The fourth-order valence-corrected chi connectivity index (χ4v) is 4.27. The van der Waals surface area contributed by atoms with Crippen LogP contribution in [0.4, 0.5) is 0 Å². The molecule has 1 aromatic carbocycles. The zero-order valence-electron chi connectivity index (χ0n) is 17.3. The summed E-state index contributed by atoms with van der Waals surface area (Å²) in [5, 5.41) is 0. The second kappa shape index (κ2) is 7.99. The molecule has 0 aliphatic carbocycles. The molecular weight excluding hydrogens is 382 g/mol. The first-order valence-corrected chi connectivity index (χ1v) is 10.3. The highest BCUT2D eigenvalue weighted by Gasteiger charge is 2.27. The van der Waals surface area contributed by atoms with Crippen LogP contribution in [-0.4, -0.2) is 35.3 Å². The smallest absolute Gasteiger partial charge is 0.231 e. The number of piperidine rings is 1. The van der Waals surface area contributed by atoms with E-state index in [2.05, 4.69) is 16.0 Å². The van der Waals surface area contributed by atoms with E-state index >= 15 is 0 Å². The van der Waals surface area contributed by atoms with Crippen LogP contribution in [0.2, 0.25) is 0 Å². The molecule has 156 valence electrons. The molecule has 2 aliphatic heterocycles. The highest BCUT2D eigenvalue weighted by atomic mass is 16.7. The second-order valence-electron chi connectivity index (χ2n) is 7.70. The average molecular weight is 407 g/mol. The van der Waals surface area contributed by atoms with Gasteiger partial charge in [-0.3, -0.25) is 9.88 Å². The maximum atomic E-state index is 6.04. The van der Waals surface area contributed by atoms with Crippen LogP contribution in [0.15, 0.2) is 41.1 Å². The number of oxazole rings is 1. The SMILES string of the molecule is COc1cc(-c2nc(CN3CCCC[C@H]3c3cccnc3)c(C)o2)cc2c1OCO2. The maximum absolute atomic E-state index is 6.04. The van der Waals surface area contributed by atoms with Crippen molar-refractivity contribution in [1.29, 1.82) is 0 Å². The van der Waals surface area contributed by atoms with E-state index in [9.17, 15) is 0 Å². The third kappa shape index (κ3) is 3.50. The Morgan fingerprint density at radius 3 is 3.00 bits per heavy atom. The summed E-state index contributed by atoms with van der Waals surface area (Å²) in [5.74, 6) is 3.28. The van der Waals surface area contributed by atoms with Crippen LogP contribution in [0.1, 0.15) is 42.3 Å². The van der Waals surface area contributed by atoms with Crippen LogP contribution in [0.3, 0.4) is 0 Å². The first kappa shape index (κ1) is 18.9. The van der Waals surface area contributed by atoms with Gasteiger partial charge in [0.2, 0.25) is 18.4 Å².